The molecule has 0 radical (unpaired) electrons. The molecule has 1 aromatic rings. The molecule has 1 aromatic carbocycles. The first-order valence-electron chi connectivity index (χ1n) is 6.23. The fraction of sp³-hybridized carbons (Fsp3) is 0.467. The van der Waals surface area contributed by atoms with Gasteiger partial charge in [-0.1, -0.05) is 48.9 Å². The molecule has 1 aliphatic rings. The predicted octanol–water partition coefficient (Wildman–Crippen LogP) is 3.60. The summed E-state index contributed by atoms with van der Waals surface area (Å²) in [5.41, 5.74) is 1.46. The van der Waals surface area contributed by atoms with Gasteiger partial charge >= 0.3 is 0 Å². The van der Waals surface area contributed by atoms with Gasteiger partial charge in [-0.25, -0.2) is 0 Å². The number of unbranched alkanes of at least 4 members (excludes halogenated alkanes) is 1. The fourth-order valence-electron chi connectivity index (χ4n) is 2.15. The molecule has 0 saturated heterocycles. The molecule has 0 aromatic heterocycles. The summed E-state index contributed by atoms with van der Waals surface area (Å²) in [6.07, 6.45) is 9.51. The van der Waals surface area contributed by atoms with Crippen molar-refractivity contribution < 1.29 is 4.74 Å². The molecule has 1 heterocycles. The van der Waals surface area contributed by atoms with Crippen molar-refractivity contribution in [2.45, 2.75) is 25.7 Å². The number of hydrogen-bond donors (Lipinski definition) is 0. The lowest BCUT2D eigenvalue weighted by Gasteiger charge is -2.16. The van der Waals surface area contributed by atoms with Crippen LogP contribution in [0.1, 0.15) is 24.8 Å². The predicted molar refractivity (Wildman–Crippen MR) is 67.4 cm³/mol. The van der Waals surface area contributed by atoms with Gasteiger partial charge in [0.1, 0.15) is 0 Å². The number of rotatable bonds is 5. The van der Waals surface area contributed by atoms with Crippen LogP contribution in [-0.4, -0.2) is 13.2 Å². The minimum absolute atomic E-state index is 0.657. The Hall–Kier alpha value is -1.08. The average molecular weight is 216 g/mol. The summed E-state index contributed by atoms with van der Waals surface area (Å²) in [5, 5.41) is 0. The Balaban J connectivity index is 1.61. The lowest BCUT2D eigenvalue weighted by molar-refractivity contribution is 0.122. The van der Waals surface area contributed by atoms with Crippen molar-refractivity contribution in [1.82, 2.24) is 0 Å². The standard InChI is InChI=1S/C15H20O/c1-2-7-14(8-3-1)9-4-5-10-15-11-6-12-16-13-15/h1-3,6-8,11,15H,4-5,9-10,12-13H2/t15-/m1/s1. The van der Waals surface area contributed by atoms with Crippen molar-refractivity contribution in [2.24, 2.45) is 5.92 Å². The molecular formula is C15H20O. The number of aryl methyl sites for hydroxylation is 1. The van der Waals surface area contributed by atoms with Gasteiger partial charge in [-0.15, -0.1) is 0 Å². The van der Waals surface area contributed by atoms with Crippen LogP contribution in [0.4, 0.5) is 0 Å². The molecule has 1 nitrogen and oxygen atoms in total. The zero-order valence-electron chi connectivity index (χ0n) is 9.77. The van der Waals surface area contributed by atoms with Crippen molar-refractivity contribution in [3.8, 4) is 0 Å². The molecule has 1 aliphatic heterocycles. The Kier molecular flexibility index (Phi) is 4.63. The molecular weight excluding hydrogens is 196 g/mol. The minimum atomic E-state index is 0.657. The van der Waals surface area contributed by atoms with Gasteiger partial charge in [-0.2, -0.15) is 0 Å². The highest BCUT2D eigenvalue weighted by Gasteiger charge is 2.07. The van der Waals surface area contributed by atoms with Crippen LogP contribution in [0.5, 0.6) is 0 Å². The third-order valence-electron chi connectivity index (χ3n) is 3.09. The van der Waals surface area contributed by atoms with Crippen LogP contribution < -0.4 is 0 Å². The zero-order valence-corrected chi connectivity index (χ0v) is 9.77. The van der Waals surface area contributed by atoms with Gasteiger partial charge < -0.3 is 4.74 Å². The third-order valence-corrected chi connectivity index (χ3v) is 3.09. The maximum atomic E-state index is 5.41. The van der Waals surface area contributed by atoms with Crippen LogP contribution >= 0.6 is 0 Å². The normalized spacial score (nSPS) is 19.9. The lowest BCUT2D eigenvalue weighted by atomic mass is 9.99. The number of hydrogen-bond acceptors (Lipinski definition) is 1. The second kappa shape index (κ2) is 6.49. The molecule has 16 heavy (non-hydrogen) atoms. The molecule has 0 aliphatic carbocycles. The van der Waals surface area contributed by atoms with E-state index in [1.807, 2.05) is 0 Å². The first-order valence-corrected chi connectivity index (χ1v) is 6.23. The summed E-state index contributed by atoms with van der Waals surface area (Å²) in [4.78, 5) is 0. The summed E-state index contributed by atoms with van der Waals surface area (Å²) in [7, 11) is 0. The van der Waals surface area contributed by atoms with E-state index in [4.69, 9.17) is 4.74 Å². The van der Waals surface area contributed by atoms with E-state index in [-0.39, 0.29) is 0 Å². The Bertz CT molecular complexity index is 315. The van der Waals surface area contributed by atoms with Gasteiger partial charge in [-0.05, 0) is 24.8 Å². The maximum absolute atomic E-state index is 5.41. The molecule has 0 N–H and O–H groups in total. The molecule has 0 amide bonds. The molecule has 0 spiro atoms. The summed E-state index contributed by atoms with van der Waals surface area (Å²) < 4.78 is 5.41. The van der Waals surface area contributed by atoms with Gasteiger partial charge in [0, 0.05) is 5.92 Å². The van der Waals surface area contributed by atoms with E-state index in [0.717, 1.165) is 13.2 Å². The SMILES string of the molecule is C1=C[C@@H](CCCCc2ccccc2)COC1. The van der Waals surface area contributed by atoms with E-state index in [9.17, 15) is 0 Å². The van der Waals surface area contributed by atoms with E-state index in [1.54, 1.807) is 0 Å². The Morgan fingerprint density at radius 2 is 2.00 bits per heavy atom. The van der Waals surface area contributed by atoms with E-state index >= 15 is 0 Å². The first-order chi connectivity index (χ1) is 7.95. The summed E-state index contributed by atoms with van der Waals surface area (Å²) in [6.45, 7) is 1.72. The monoisotopic (exact) mass is 216 g/mol. The first kappa shape index (κ1) is 11.4. The van der Waals surface area contributed by atoms with Crippen LogP contribution in [0.3, 0.4) is 0 Å². The molecule has 1 heteroatoms. The second-order valence-electron chi connectivity index (χ2n) is 4.46. The summed E-state index contributed by atoms with van der Waals surface area (Å²) >= 11 is 0. The molecule has 0 fully saturated rings. The molecule has 1 atom stereocenters. The molecule has 0 saturated carbocycles. The molecule has 0 unspecified atom stereocenters. The largest absolute Gasteiger partial charge is 0.377 e. The van der Waals surface area contributed by atoms with Crippen molar-refractivity contribution in [3.05, 3.63) is 48.0 Å². The fourth-order valence-corrected chi connectivity index (χ4v) is 2.15. The lowest BCUT2D eigenvalue weighted by Crippen LogP contribution is -2.12. The Labute approximate surface area is 98.1 Å². The zero-order chi connectivity index (χ0) is 11.1. The minimum Gasteiger partial charge on any atom is -0.377 e. The second-order valence-corrected chi connectivity index (χ2v) is 4.46. The van der Waals surface area contributed by atoms with Crippen molar-refractivity contribution in [2.75, 3.05) is 13.2 Å². The van der Waals surface area contributed by atoms with Crippen LogP contribution in [0.25, 0.3) is 0 Å². The summed E-state index contributed by atoms with van der Waals surface area (Å²) in [5.74, 6) is 0.657. The van der Waals surface area contributed by atoms with Gasteiger partial charge in [0.05, 0.1) is 13.2 Å². The van der Waals surface area contributed by atoms with Crippen molar-refractivity contribution in [1.29, 1.82) is 0 Å². The Morgan fingerprint density at radius 3 is 2.75 bits per heavy atom. The van der Waals surface area contributed by atoms with Crippen LogP contribution in [0, 0.1) is 5.92 Å². The Morgan fingerprint density at radius 1 is 1.12 bits per heavy atom. The van der Waals surface area contributed by atoms with Crippen molar-refractivity contribution in [3.63, 3.8) is 0 Å². The average Bonchev–Trinajstić information content (AvgIpc) is 2.37. The highest BCUT2D eigenvalue weighted by molar-refractivity contribution is 5.14. The molecule has 2 rings (SSSR count). The number of benzene rings is 1. The van der Waals surface area contributed by atoms with E-state index in [0.29, 0.717) is 5.92 Å². The highest BCUT2D eigenvalue weighted by Crippen LogP contribution is 2.15. The van der Waals surface area contributed by atoms with Gasteiger partial charge in [0.2, 0.25) is 0 Å². The van der Waals surface area contributed by atoms with Crippen LogP contribution in [-0.2, 0) is 11.2 Å². The number of ether oxygens (including phenoxy) is 1. The van der Waals surface area contributed by atoms with E-state index in [2.05, 4.69) is 42.5 Å². The topological polar surface area (TPSA) is 9.23 Å². The smallest absolute Gasteiger partial charge is 0.0647 e. The van der Waals surface area contributed by atoms with Crippen LogP contribution in [0.15, 0.2) is 42.5 Å². The maximum Gasteiger partial charge on any atom is 0.0647 e. The summed E-state index contributed by atoms with van der Waals surface area (Å²) in [6, 6.07) is 10.7. The van der Waals surface area contributed by atoms with Gasteiger partial charge in [-0.3, -0.25) is 0 Å². The van der Waals surface area contributed by atoms with E-state index < -0.39 is 0 Å². The molecule has 86 valence electrons. The quantitative estimate of drug-likeness (QED) is 0.540. The third kappa shape index (κ3) is 3.82. The van der Waals surface area contributed by atoms with Crippen LogP contribution in [0.2, 0.25) is 0 Å². The van der Waals surface area contributed by atoms with Gasteiger partial charge in [0.25, 0.3) is 0 Å². The van der Waals surface area contributed by atoms with E-state index in [1.165, 1.54) is 31.2 Å². The molecule has 0 bridgehead atoms. The van der Waals surface area contributed by atoms with Gasteiger partial charge in [0.15, 0.2) is 0 Å². The van der Waals surface area contributed by atoms with Crippen molar-refractivity contribution >= 4 is 0 Å². The highest BCUT2D eigenvalue weighted by atomic mass is 16.5.